The van der Waals surface area contributed by atoms with E-state index in [0.29, 0.717) is 0 Å². The molecule has 0 unspecified atom stereocenters. The van der Waals surface area contributed by atoms with Gasteiger partial charge in [0.1, 0.15) is 5.60 Å². The molecule has 1 spiro atoms. The lowest BCUT2D eigenvalue weighted by molar-refractivity contribution is -0.191. The van der Waals surface area contributed by atoms with Gasteiger partial charge in [-0.15, -0.1) is 0 Å². The van der Waals surface area contributed by atoms with Crippen molar-refractivity contribution in [3.05, 3.63) is 29.2 Å². The quantitative estimate of drug-likeness (QED) is 0.346. The van der Waals surface area contributed by atoms with Crippen LogP contribution in [0.5, 0.6) is 0 Å². The Morgan fingerprint density at radius 2 is 1.73 bits per heavy atom. The zero-order valence-corrected chi connectivity index (χ0v) is 23.5. The fourth-order valence-electron chi connectivity index (χ4n) is 10.8. The Balaban J connectivity index is 1.39. The van der Waals surface area contributed by atoms with Crippen molar-refractivity contribution in [3.63, 3.8) is 0 Å². The van der Waals surface area contributed by atoms with Crippen LogP contribution < -0.4 is 0 Å². The molecule has 1 aliphatic heterocycles. The van der Waals surface area contributed by atoms with Gasteiger partial charge in [-0.05, 0) is 86.5 Å². The van der Waals surface area contributed by atoms with E-state index in [1.807, 2.05) is 12.3 Å². The molecule has 7 rings (SSSR count). The fraction of sp³-hybridized carbons (Fsp3) is 0.774. The Morgan fingerprint density at radius 1 is 1.00 bits per heavy atom. The number of carbonyl (C=O) groups excluding carboxylic acids is 2. The molecule has 0 amide bonds. The van der Waals surface area contributed by atoms with Gasteiger partial charge in [-0.2, -0.15) is 0 Å². The van der Waals surface area contributed by atoms with Gasteiger partial charge in [-0.1, -0.05) is 45.3 Å². The summed E-state index contributed by atoms with van der Waals surface area (Å²) in [4.78, 5) is 27.9. The van der Waals surface area contributed by atoms with Gasteiger partial charge >= 0.3 is 5.97 Å². The van der Waals surface area contributed by atoms with E-state index in [0.717, 1.165) is 62.7 Å². The first-order chi connectivity index (χ1) is 17.2. The van der Waals surface area contributed by atoms with Gasteiger partial charge in [-0.25, -0.2) is 0 Å². The number of epoxide rings is 1. The third kappa shape index (κ3) is 2.43. The molecule has 3 saturated carbocycles. The second-order valence-electron chi connectivity index (χ2n) is 15.0. The van der Waals surface area contributed by atoms with Crippen molar-refractivity contribution < 1.29 is 23.6 Å². The molecule has 1 aromatic rings. The molecule has 1 aromatic heterocycles. The van der Waals surface area contributed by atoms with E-state index in [9.17, 15) is 9.59 Å². The van der Waals surface area contributed by atoms with Crippen LogP contribution in [0.1, 0.15) is 97.8 Å². The number of allylic oxidation sites excluding steroid dienone is 1. The summed E-state index contributed by atoms with van der Waals surface area (Å²) in [5, 5.41) is 4.13. The van der Waals surface area contributed by atoms with Crippen LogP contribution in [0.15, 0.2) is 22.4 Å². The molecule has 200 valence electrons. The zero-order valence-electron chi connectivity index (χ0n) is 23.5. The van der Waals surface area contributed by atoms with Gasteiger partial charge < -0.3 is 14.0 Å². The molecule has 8 atom stereocenters. The first-order valence-electron chi connectivity index (χ1n) is 14.2. The average Bonchev–Trinajstić information content (AvgIpc) is 3.21. The van der Waals surface area contributed by atoms with E-state index in [2.05, 4.69) is 46.7 Å². The number of hydrogen-bond acceptors (Lipinski definition) is 6. The van der Waals surface area contributed by atoms with Crippen molar-refractivity contribution in [1.82, 2.24) is 5.16 Å². The van der Waals surface area contributed by atoms with Crippen LogP contribution in [-0.4, -0.2) is 29.6 Å². The summed E-state index contributed by atoms with van der Waals surface area (Å²) < 4.78 is 17.8. The minimum atomic E-state index is -0.550. The highest BCUT2D eigenvalue weighted by atomic mass is 16.6. The zero-order chi connectivity index (χ0) is 26.4. The first-order valence-corrected chi connectivity index (χ1v) is 14.2. The average molecular weight is 508 g/mol. The predicted molar refractivity (Wildman–Crippen MR) is 136 cm³/mol. The molecule has 6 nitrogen and oxygen atoms in total. The second-order valence-corrected chi connectivity index (χ2v) is 15.0. The van der Waals surface area contributed by atoms with Crippen LogP contribution in [-0.2, 0) is 31.1 Å². The summed E-state index contributed by atoms with van der Waals surface area (Å²) in [6.45, 7) is 13.8. The highest BCUT2D eigenvalue weighted by Gasteiger charge is 2.84. The van der Waals surface area contributed by atoms with Crippen LogP contribution in [0.3, 0.4) is 0 Å². The van der Waals surface area contributed by atoms with Crippen LogP contribution in [0.25, 0.3) is 0 Å². The molecular formula is C31H41NO5. The number of carbonyl (C=O) groups is 2. The van der Waals surface area contributed by atoms with Gasteiger partial charge in [0.25, 0.3) is 0 Å². The smallest absolute Gasteiger partial charge is 0.312 e. The Labute approximate surface area is 219 Å². The number of fused-ring (bicyclic) bond motifs is 8. The Morgan fingerprint density at radius 3 is 2.46 bits per heavy atom. The second kappa shape index (κ2) is 6.60. The number of hydrogen-bond donors (Lipinski definition) is 0. The summed E-state index contributed by atoms with van der Waals surface area (Å²) >= 11 is 0. The van der Waals surface area contributed by atoms with Crippen molar-refractivity contribution >= 4 is 11.8 Å². The molecular weight excluding hydrogens is 466 g/mol. The van der Waals surface area contributed by atoms with E-state index in [1.54, 1.807) is 0 Å². The van der Waals surface area contributed by atoms with E-state index in [4.69, 9.17) is 14.0 Å². The summed E-state index contributed by atoms with van der Waals surface area (Å²) in [7, 11) is 1.51. The van der Waals surface area contributed by atoms with Crippen LogP contribution in [0.4, 0.5) is 0 Å². The van der Waals surface area contributed by atoms with Crippen molar-refractivity contribution in [2.24, 2.45) is 38.9 Å². The maximum atomic E-state index is 14.5. The molecule has 1 saturated heterocycles. The molecule has 0 N–H and O–H groups in total. The molecule has 0 radical (unpaired) electrons. The van der Waals surface area contributed by atoms with Crippen LogP contribution in [0, 0.1) is 38.9 Å². The minimum absolute atomic E-state index is 0.00624. The number of ketones is 1. The number of ether oxygens (including phenoxy) is 2. The lowest BCUT2D eigenvalue weighted by Crippen LogP contribution is -2.66. The molecule has 0 bridgehead atoms. The predicted octanol–water partition coefficient (Wildman–Crippen LogP) is 5.93. The lowest BCUT2D eigenvalue weighted by atomic mass is 9.34. The number of methoxy groups -OCH3 is 1. The normalized spacial score (nSPS) is 50.8. The third-order valence-corrected chi connectivity index (χ3v) is 13.1. The highest BCUT2D eigenvalue weighted by molar-refractivity contribution is 5.96. The molecule has 2 heterocycles. The Hall–Kier alpha value is -1.95. The summed E-state index contributed by atoms with van der Waals surface area (Å²) in [6.07, 6.45) is 10.9. The van der Waals surface area contributed by atoms with Crippen LogP contribution in [0.2, 0.25) is 0 Å². The molecule has 37 heavy (non-hydrogen) atoms. The molecule has 4 fully saturated rings. The Kier molecular flexibility index (Phi) is 4.30. The van der Waals surface area contributed by atoms with Gasteiger partial charge in [0.15, 0.2) is 17.1 Å². The van der Waals surface area contributed by atoms with Gasteiger partial charge in [0.2, 0.25) is 0 Å². The van der Waals surface area contributed by atoms with Gasteiger partial charge in [-0.3, -0.25) is 9.59 Å². The highest BCUT2D eigenvalue weighted by Crippen LogP contribution is 2.80. The standard InChI is InChI=1S/C31H41NO5/c1-25(2)8-11-30(24(34)35-7)12-9-27(4)22(19(30)16-25)20(33)14-21-26(27,3)10-13-31-28(21,5)15-18-17-32-36-23(18)29(31,6)37-31/h14,17,19,22H,8-13,15-16H2,1-7H3/t19-,22-,26+,27+,28+,29+,30-,31-/m0/s1. The maximum Gasteiger partial charge on any atom is 0.312 e. The topological polar surface area (TPSA) is 81.9 Å². The van der Waals surface area contributed by atoms with Crippen LogP contribution >= 0.6 is 0 Å². The number of nitrogens with zero attached hydrogens (tertiary/aromatic N) is 1. The van der Waals surface area contributed by atoms with Crippen molar-refractivity contribution in [1.29, 1.82) is 0 Å². The maximum absolute atomic E-state index is 14.5. The molecule has 6 aliphatic rings. The number of rotatable bonds is 1. The largest absolute Gasteiger partial charge is 0.469 e. The minimum Gasteiger partial charge on any atom is -0.469 e. The van der Waals surface area contributed by atoms with Crippen molar-refractivity contribution in [3.8, 4) is 0 Å². The van der Waals surface area contributed by atoms with Gasteiger partial charge in [0.05, 0.1) is 18.7 Å². The molecule has 6 heteroatoms. The van der Waals surface area contributed by atoms with E-state index in [-0.39, 0.29) is 50.8 Å². The van der Waals surface area contributed by atoms with Crippen molar-refractivity contribution in [2.45, 2.75) is 104 Å². The summed E-state index contributed by atoms with van der Waals surface area (Å²) in [5.41, 5.74) is 0.368. The van der Waals surface area contributed by atoms with E-state index in [1.165, 1.54) is 12.7 Å². The third-order valence-electron chi connectivity index (χ3n) is 13.1. The van der Waals surface area contributed by atoms with E-state index >= 15 is 0 Å². The summed E-state index contributed by atoms with van der Waals surface area (Å²) in [6, 6.07) is 0. The number of esters is 1. The first kappa shape index (κ1) is 24.1. The van der Waals surface area contributed by atoms with E-state index < -0.39 is 11.0 Å². The monoisotopic (exact) mass is 507 g/mol. The lowest BCUT2D eigenvalue weighted by Gasteiger charge is -2.68. The molecule has 0 aromatic carbocycles. The Bertz CT molecular complexity index is 1280. The fourth-order valence-corrected chi connectivity index (χ4v) is 10.8. The van der Waals surface area contributed by atoms with Crippen molar-refractivity contribution in [2.75, 3.05) is 7.11 Å². The molecule has 5 aliphatic carbocycles. The van der Waals surface area contributed by atoms with Gasteiger partial charge in [0, 0.05) is 16.9 Å². The SMILES string of the molecule is COC(=O)[C@]12CCC(C)(C)C[C@H]1[C@H]1C(=O)C=C3[C@@]4(C)Cc5cnoc5[C@@]5(C)O[C@@]45CC[C@@]3(C)[C@]1(C)CC2. The summed E-state index contributed by atoms with van der Waals surface area (Å²) in [5.74, 6) is 0.804. The number of aromatic nitrogens is 1.